The van der Waals surface area contributed by atoms with E-state index in [1.165, 1.54) is 7.05 Å². The molecule has 2 rings (SSSR count). The van der Waals surface area contributed by atoms with E-state index < -0.39 is 0 Å². The summed E-state index contributed by atoms with van der Waals surface area (Å²) in [6.45, 7) is 1.46. The maximum absolute atomic E-state index is 11.9. The molecule has 1 aliphatic rings. The lowest BCUT2D eigenvalue weighted by molar-refractivity contribution is -0.131. The van der Waals surface area contributed by atoms with Crippen LogP contribution in [0.3, 0.4) is 0 Å². The zero-order valence-corrected chi connectivity index (χ0v) is 11.0. The molecular formula is C13H19N3O3. The number of rotatable bonds is 3. The van der Waals surface area contributed by atoms with Gasteiger partial charge in [-0.25, -0.2) is 4.79 Å². The van der Waals surface area contributed by atoms with Gasteiger partial charge in [0, 0.05) is 26.1 Å². The summed E-state index contributed by atoms with van der Waals surface area (Å²) in [5, 5.41) is 4.92. The number of amides is 3. The van der Waals surface area contributed by atoms with Crippen LogP contribution in [0.25, 0.3) is 0 Å². The Morgan fingerprint density at radius 3 is 2.74 bits per heavy atom. The predicted octanol–water partition coefficient (Wildman–Crippen LogP) is 0.915. The van der Waals surface area contributed by atoms with Crippen molar-refractivity contribution in [2.75, 3.05) is 26.7 Å². The molecule has 0 aromatic carbocycles. The maximum Gasteiger partial charge on any atom is 0.314 e. The molecule has 19 heavy (non-hydrogen) atoms. The second-order valence-electron chi connectivity index (χ2n) is 4.60. The van der Waals surface area contributed by atoms with Crippen molar-refractivity contribution < 1.29 is 14.0 Å². The Morgan fingerprint density at radius 1 is 1.42 bits per heavy atom. The van der Waals surface area contributed by atoms with E-state index in [4.69, 9.17) is 4.42 Å². The van der Waals surface area contributed by atoms with Gasteiger partial charge in [-0.15, -0.1) is 0 Å². The van der Waals surface area contributed by atoms with Crippen LogP contribution < -0.4 is 10.6 Å². The second kappa shape index (κ2) is 6.26. The number of carbonyl (C=O) groups excluding carboxylic acids is 2. The highest BCUT2D eigenvalue weighted by atomic mass is 16.3. The van der Waals surface area contributed by atoms with Crippen molar-refractivity contribution in [3.8, 4) is 0 Å². The summed E-state index contributed by atoms with van der Waals surface area (Å²) in [6, 6.07) is 3.54. The van der Waals surface area contributed by atoms with E-state index in [2.05, 4.69) is 10.6 Å². The van der Waals surface area contributed by atoms with Crippen molar-refractivity contribution in [1.29, 1.82) is 0 Å². The van der Waals surface area contributed by atoms with Crippen LogP contribution in [0.4, 0.5) is 4.79 Å². The van der Waals surface area contributed by atoms with Gasteiger partial charge in [-0.3, -0.25) is 4.79 Å². The molecule has 1 saturated heterocycles. The van der Waals surface area contributed by atoms with Crippen LogP contribution in [0.2, 0.25) is 0 Å². The standard InChI is InChI=1S/C13H19N3O3/c1-14-13(18)15-9-12(17)16-6-4-10(5-7-16)11-3-2-8-19-11/h2-3,8,10H,4-7,9H2,1H3,(H2,14,15,18). The van der Waals surface area contributed by atoms with Crippen LogP contribution >= 0.6 is 0 Å². The van der Waals surface area contributed by atoms with Crippen LogP contribution in [0.15, 0.2) is 22.8 Å². The number of nitrogens with one attached hydrogen (secondary N) is 2. The Bertz CT molecular complexity index is 422. The lowest BCUT2D eigenvalue weighted by Gasteiger charge is -2.31. The van der Waals surface area contributed by atoms with Crippen molar-refractivity contribution in [2.24, 2.45) is 0 Å². The molecule has 0 radical (unpaired) electrons. The van der Waals surface area contributed by atoms with Gasteiger partial charge in [-0.05, 0) is 25.0 Å². The summed E-state index contributed by atoms with van der Waals surface area (Å²) >= 11 is 0. The number of urea groups is 1. The zero-order valence-electron chi connectivity index (χ0n) is 11.0. The minimum atomic E-state index is -0.334. The summed E-state index contributed by atoms with van der Waals surface area (Å²) in [7, 11) is 1.52. The molecule has 1 aliphatic heterocycles. The second-order valence-corrected chi connectivity index (χ2v) is 4.60. The molecule has 0 atom stereocenters. The zero-order chi connectivity index (χ0) is 13.7. The van der Waals surface area contributed by atoms with E-state index >= 15 is 0 Å². The fraction of sp³-hybridized carbons (Fsp3) is 0.538. The minimum absolute atomic E-state index is 0.0403. The first kappa shape index (κ1) is 13.5. The Balaban J connectivity index is 1.76. The largest absolute Gasteiger partial charge is 0.469 e. The van der Waals surface area contributed by atoms with Gasteiger partial charge in [-0.2, -0.15) is 0 Å². The number of likely N-dealkylation sites (tertiary alicyclic amines) is 1. The quantitative estimate of drug-likeness (QED) is 0.853. The van der Waals surface area contributed by atoms with E-state index in [1.807, 2.05) is 12.1 Å². The molecule has 104 valence electrons. The van der Waals surface area contributed by atoms with Gasteiger partial charge in [0.25, 0.3) is 0 Å². The van der Waals surface area contributed by atoms with E-state index in [9.17, 15) is 9.59 Å². The molecule has 1 aromatic heterocycles. The SMILES string of the molecule is CNC(=O)NCC(=O)N1CCC(c2ccco2)CC1. The van der Waals surface area contributed by atoms with Gasteiger partial charge in [-0.1, -0.05) is 0 Å². The molecule has 3 amide bonds. The molecule has 0 saturated carbocycles. The van der Waals surface area contributed by atoms with Gasteiger partial charge in [0.2, 0.25) is 5.91 Å². The first-order valence-electron chi connectivity index (χ1n) is 6.47. The van der Waals surface area contributed by atoms with Crippen LogP contribution in [0.1, 0.15) is 24.5 Å². The molecule has 2 heterocycles. The third-order valence-electron chi connectivity index (χ3n) is 3.42. The van der Waals surface area contributed by atoms with Crippen molar-refractivity contribution in [3.05, 3.63) is 24.2 Å². The number of carbonyl (C=O) groups is 2. The van der Waals surface area contributed by atoms with Crippen LogP contribution in [-0.4, -0.2) is 43.5 Å². The molecule has 0 aliphatic carbocycles. The number of nitrogens with zero attached hydrogens (tertiary/aromatic N) is 1. The fourth-order valence-electron chi connectivity index (χ4n) is 2.29. The Kier molecular flexibility index (Phi) is 4.43. The first-order chi connectivity index (χ1) is 9.20. The summed E-state index contributed by atoms with van der Waals surface area (Å²) in [5.41, 5.74) is 0. The Labute approximate surface area is 112 Å². The van der Waals surface area contributed by atoms with Crippen LogP contribution in [-0.2, 0) is 4.79 Å². The van der Waals surface area contributed by atoms with Gasteiger partial charge < -0.3 is 20.0 Å². The highest BCUT2D eigenvalue weighted by Gasteiger charge is 2.25. The van der Waals surface area contributed by atoms with Crippen molar-refractivity contribution >= 4 is 11.9 Å². The molecule has 0 bridgehead atoms. The van der Waals surface area contributed by atoms with Crippen molar-refractivity contribution in [3.63, 3.8) is 0 Å². The van der Waals surface area contributed by atoms with Gasteiger partial charge >= 0.3 is 6.03 Å². The molecule has 2 N–H and O–H groups in total. The number of piperidine rings is 1. The smallest absolute Gasteiger partial charge is 0.314 e. The van der Waals surface area contributed by atoms with E-state index in [0.29, 0.717) is 19.0 Å². The van der Waals surface area contributed by atoms with E-state index in [-0.39, 0.29) is 18.5 Å². The molecule has 0 spiro atoms. The normalized spacial score (nSPS) is 16.2. The monoisotopic (exact) mass is 265 g/mol. The molecular weight excluding hydrogens is 246 g/mol. The average Bonchev–Trinajstić information content (AvgIpc) is 2.98. The molecule has 1 aromatic rings. The first-order valence-corrected chi connectivity index (χ1v) is 6.47. The van der Waals surface area contributed by atoms with Crippen molar-refractivity contribution in [2.45, 2.75) is 18.8 Å². The Hall–Kier alpha value is -1.98. The van der Waals surface area contributed by atoms with Gasteiger partial charge in [0.05, 0.1) is 12.8 Å². The van der Waals surface area contributed by atoms with E-state index in [1.54, 1.807) is 11.2 Å². The minimum Gasteiger partial charge on any atom is -0.469 e. The van der Waals surface area contributed by atoms with Gasteiger partial charge in [0.15, 0.2) is 0 Å². The maximum atomic E-state index is 11.9. The lowest BCUT2D eigenvalue weighted by Crippen LogP contribution is -2.45. The molecule has 6 nitrogen and oxygen atoms in total. The fourth-order valence-corrected chi connectivity index (χ4v) is 2.29. The molecule has 1 fully saturated rings. The van der Waals surface area contributed by atoms with Crippen molar-refractivity contribution in [1.82, 2.24) is 15.5 Å². The van der Waals surface area contributed by atoms with Gasteiger partial charge in [0.1, 0.15) is 5.76 Å². The predicted molar refractivity (Wildman–Crippen MR) is 69.7 cm³/mol. The summed E-state index contributed by atoms with van der Waals surface area (Å²) in [4.78, 5) is 24.7. The number of hydrogen-bond donors (Lipinski definition) is 2. The van der Waals surface area contributed by atoms with Crippen LogP contribution in [0, 0.1) is 0 Å². The highest BCUT2D eigenvalue weighted by molar-refractivity contribution is 5.83. The van der Waals surface area contributed by atoms with Crippen LogP contribution in [0.5, 0.6) is 0 Å². The highest BCUT2D eigenvalue weighted by Crippen LogP contribution is 2.27. The average molecular weight is 265 g/mol. The molecule has 0 unspecified atom stereocenters. The molecule has 6 heteroatoms. The number of hydrogen-bond acceptors (Lipinski definition) is 3. The summed E-state index contributed by atoms with van der Waals surface area (Å²) < 4.78 is 5.39. The van der Waals surface area contributed by atoms with E-state index in [0.717, 1.165) is 18.6 Å². The Morgan fingerprint density at radius 2 is 2.16 bits per heavy atom. The lowest BCUT2D eigenvalue weighted by atomic mass is 9.94. The third kappa shape index (κ3) is 3.49. The summed E-state index contributed by atoms with van der Waals surface area (Å²) in [6.07, 6.45) is 3.48. The summed E-state index contributed by atoms with van der Waals surface area (Å²) in [5.74, 6) is 1.35. The number of furan rings is 1. The third-order valence-corrected chi connectivity index (χ3v) is 3.42. The topological polar surface area (TPSA) is 74.6 Å².